The Balaban J connectivity index is 2.38. The molecular weight excluding hydrogens is 394 g/mol. The predicted molar refractivity (Wildman–Crippen MR) is 118 cm³/mol. The fourth-order valence-electron chi connectivity index (χ4n) is 2.64. The Bertz CT molecular complexity index is 918. The molecule has 1 atom stereocenters. The molecule has 2 aromatic carbocycles. The number of rotatable bonds is 5. The zero-order chi connectivity index (χ0) is 21.2. The summed E-state index contributed by atoms with van der Waals surface area (Å²) in [5.41, 5.74) is 9.29. The molecule has 7 heteroatoms. The van der Waals surface area contributed by atoms with E-state index in [1.807, 2.05) is 31.2 Å². The second-order valence-corrected chi connectivity index (χ2v) is 9.49. The van der Waals surface area contributed by atoms with Crippen LogP contribution in [-0.2, 0) is 16.2 Å². The fourth-order valence-corrected chi connectivity index (χ4v) is 3.80. The average molecular weight is 422 g/mol. The van der Waals surface area contributed by atoms with Crippen molar-refractivity contribution in [1.82, 2.24) is 0 Å². The van der Waals surface area contributed by atoms with E-state index in [4.69, 9.17) is 27.9 Å². The number of hydrogen-bond donors (Lipinski definition) is 2. The molecule has 0 amide bonds. The molecule has 0 radical (unpaired) electrons. The van der Waals surface area contributed by atoms with Crippen LogP contribution in [0.15, 0.2) is 52.0 Å². The van der Waals surface area contributed by atoms with Gasteiger partial charge in [-0.3, -0.25) is 5.01 Å². The lowest BCUT2D eigenvalue weighted by Crippen LogP contribution is -2.32. The first-order chi connectivity index (χ1) is 13.0. The first-order valence-corrected chi connectivity index (χ1v) is 10.4. The summed E-state index contributed by atoms with van der Waals surface area (Å²) < 4.78 is 18.3. The molecule has 0 heterocycles. The minimum atomic E-state index is -1.54. The Morgan fingerprint density at radius 1 is 1.18 bits per heavy atom. The number of hydrogen-bond acceptors (Lipinski definition) is 5. The van der Waals surface area contributed by atoms with Gasteiger partial charge in [0.05, 0.1) is 18.5 Å². The molecule has 0 aliphatic carbocycles. The summed E-state index contributed by atoms with van der Waals surface area (Å²) >= 11 is 6.16. The Hall–Kier alpha value is -2.02. The monoisotopic (exact) mass is 421 g/mol. The van der Waals surface area contributed by atoms with Gasteiger partial charge in [0, 0.05) is 16.0 Å². The molecule has 28 heavy (non-hydrogen) atoms. The van der Waals surface area contributed by atoms with Gasteiger partial charge in [-0.1, -0.05) is 44.5 Å². The van der Waals surface area contributed by atoms with E-state index in [2.05, 4.69) is 20.8 Å². The minimum Gasteiger partial charge on any atom is -0.494 e. The molecule has 5 nitrogen and oxygen atoms in total. The highest BCUT2D eigenvalue weighted by Gasteiger charge is 2.19. The Kier molecular flexibility index (Phi) is 6.80. The molecule has 0 aliphatic rings. The Morgan fingerprint density at radius 2 is 1.75 bits per heavy atom. The van der Waals surface area contributed by atoms with E-state index in [0.717, 1.165) is 11.1 Å². The number of anilines is 1. The number of hydrazine groups is 1. The Morgan fingerprint density at radius 3 is 2.25 bits per heavy atom. The zero-order valence-electron chi connectivity index (χ0n) is 17.2. The van der Waals surface area contributed by atoms with E-state index in [0.29, 0.717) is 27.1 Å². The lowest BCUT2D eigenvalue weighted by atomic mass is 9.87. The average Bonchev–Trinajstić information content (AvgIpc) is 2.66. The highest BCUT2D eigenvalue weighted by Crippen LogP contribution is 2.34. The number of ether oxygens (including phenoxy) is 1. The minimum absolute atomic E-state index is 0.0222. The highest BCUT2D eigenvalue weighted by atomic mass is 35.5. The van der Waals surface area contributed by atoms with Crippen molar-refractivity contribution in [2.45, 2.75) is 44.9 Å². The second kappa shape index (κ2) is 8.55. The van der Waals surface area contributed by atoms with Crippen molar-refractivity contribution in [2.24, 2.45) is 11.6 Å². The zero-order valence-corrected chi connectivity index (χ0v) is 18.7. The molecule has 1 unspecified atom stereocenters. The number of allylic oxidation sites excluding steroid dienone is 1. The number of halogens is 1. The molecule has 152 valence electrons. The molecule has 0 spiro atoms. The molecule has 2 rings (SSSR count). The SMILES string of the molecule is COc1cc(Cl)c(C)cc1N(N)/C(C)=C(\N)S(=O)c1ccc(C(C)(C)C)cc1. The quantitative estimate of drug-likeness (QED) is 0.545. The molecule has 0 aromatic heterocycles. The summed E-state index contributed by atoms with van der Waals surface area (Å²) in [6.07, 6.45) is 0. The maximum atomic E-state index is 13.0. The van der Waals surface area contributed by atoms with Crippen molar-refractivity contribution in [3.63, 3.8) is 0 Å². The van der Waals surface area contributed by atoms with E-state index in [1.165, 1.54) is 12.1 Å². The maximum absolute atomic E-state index is 13.0. The van der Waals surface area contributed by atoms with Crippen molar-refractivity contribution in [3.05, 3.63) is 63.3 Å². The summed E-state index contributed by atoms with van der Waals surface area (Å²) in [5, 5.41) is 2.13. The summed E-state index contributed by atoms with van der Waals surface area (Å²) in [5.74, 6) is 6.77. The summed E-state index contributed by atoms with van der Waals surface area (Å²) in [7, 11) is 0.000265. The Labute approximate surface area is 174 Å². The van der Waals surface area contributed by atoms with Crippen LogP contribution in [-0.4, -0.2) is 11.3 Å². The van der Waals surface area contributed by atoms with Crippen LogP contribution in [0.1, 0.15) is 38.8 Å². The lowest BCUT2D eigenvalue weighted by molar-refractivity contribution is 0.415. The van der Waals surface area contributed by atoms with Crippen LogP contribution < -0.4 is 21.3 Å². The van der Waals surface area contributed by atoms with Crippen LogP contribution in [0.25, 0.3) is 0 Å². The largest absolute Gasteiger partial charge is 0.494 e. The van der Waals surface area contributed by atoms with Gasteiger partial charge in [0.1, 0.15) is 21.6 Å². The van der Waals surface area contributed by atoms with Crippen molar-refractivity contribution in [3.8, 4) is 5.75 Å². The van der Waals surface area contributed by atoms with Gasteiger partial charge >= 0.3 is 0 Å². The second-order valence-electron chi connectivity index (χ2n) is 7.64. The number of aryl methyl sites for hydroxylation is 1. The number of methoxy groups -OCH3 is 1. The van der Waals surface area contributed by atoms with E-state index in [9.17, 15) is 4.21 Å². The molecule has 0 fully saturated rings. The van der Waals surface area contributed by atoms with Crippen molar-refractivity contribution in [1.29, 1.82) is 0 Å². The van der Waals surface area contributed by atoms with E-state index >= 15 is 0 Å². The topological polar surface area (TPSA) is 81.6 Å². The van der Waals surface area contributed by atoms with Gasteiger partial charge in [-0.05, 0) is 48.6 Å². The van der Waals surface area contributed by atoms with Crippen LogP contribution in [0, 0.1) is 6.92 Å². The highest BCUT2D eigenvalue weighted by molar-refractivity contribution is 7.89. The van der Waals surface area contributed by atoms with Gasteiger partial charge in [-0.15, -0.1) is 0 Å². The fraction of sp³-hybridized carbons (Fsp3) is 0.333. The van der Waals surface area contributed by atoms with Gasteiger partial charge in [0.2, 0.25) is 0 Å². The molecule has 0 saturated carbocycles. The molecule has 0 saturated heterocycles. The smallest absolute Gasteiger partial charge is 0.145 e. The van der Waals surface area contributed by atoms with Crippen LogP contribution in [0.2, 0.25) is 5.02 Å². The van der Waals surface area contributed by atoms with E-state index in [1.54, 1.807) is 19.1 Å². The molecule has 4 N–H and O–H groups in total. The lowest BCUT2D eigenvalue weighted by Gasteiger charge is -2.24. The molecule has 0 bridgehead atoms. The van der Waals surface area contributed by atoms with Gasteiger partial charge < -0.3 is 10.5 Å². The number of nitrogens with two attached hydrogens (primary N) is 2. The normalized spacial score (nSPS) is 13.7. The number of benzene rings is 2. The van der Waals surface area contributed by atoms with Crippen LogP contribution in [0.5, 0.6) is 5.75 Å². The summed E-state index contributed by atoms with van der Waals surface area (Å²) in [6.45, 7) is 9.98. The molecule has 2 aromatic rings. The van der Waals surface area contributed by atoms with Crippen molar-refractivity contribution < 1.29 is 8.95 Å². The number of nitrogens with zero attached hydrogens (tertiary/aromatic N) is 1. The van der Waals surface area contributed by atoms with Crippen LogP contribution >= 0.6 is 11.6 Å². The third-order valence-corrected chi connectivity index (χ3v) is 6.37. The first-order valence-electron chi connectivity index (χ1n) is 8.85. The van der Waals surface area contributed by atoms with Crippen LogP contribution in [0.3, 0.4) is 0 Å². The van der Waals surface area contributed by atoms with Gasteiger partial charge in [-0.2, -0.15) is 0 Å². The van der Waals surface area contributed by atoms with Crippen LogP contribution in [0.4, 0.5) is 5.69 Å². The van der Waals surface area contributed by atoms with Crippen molar-refractivity contribution >= 4 is 28.1 Å². The third kappa shape index (κ3) is 4.69. The summed E-state index contributed by atoms with van der Waals surface area (Å²) in [4.78, 5) is 0.623. The van der Waals surface area contributed by atoms with E-state index in [-0.39, 0.29) is 10.4 Å². The van der Waals surface area contributed by atoms with Crippen molar-refractivity contribution in [2.75, 3.05) is 12.1 Å². The standard InChI is InChI=1S/C21H28ClN3O2S/c1-13-11-18(19(27-6)12-17(13)22)25(24)14(2)20(23)28(26)16-9-7-15(8-10-16)21(3,4)5/h7-12H,23-24H2,1-6H3/b20-14+. The molecular formula is C21H28ClN3O2S. The van der Waals surface area contributed by atoms with E-state index < -0.39 is 10.8 Å². The predicted octanol–water partition coefficient (Wildman–Crippen LogP) is 4.59. The first kappa shape index (κ1) is 22.3. The van der Waals surface area contributed by atoms with Gasteiger partial charge in [0.15, 0.2) is 0 Å². The molecule has 0 aliphatic heterocycles. The maximum Gasteiger partial charge on any atom is 0.145 e. The van der Waals surface area contributed by atoms with Gasteiger partial charge in [0.25, 0.3) is 0 Å². The summed E-state index contributed by atoms with van der Waals surface area (Å²) in [6, 6.07) is 11.1. The third-order valence-electron chi connectivity index (χ3n) is 4.57. The van der Waals surface area contributed by atoms with Gasteiger partial charge in [-0.25, -0.2) is 10.1 Å².